The van der Waals surface area contributed by atoms with E-state index in [9.17, 15) is 4.79 Å². The minimum Gasteiger partial charge on any atom is -0.384 e. The first kappa shape index (κ1) is 14.4. The third-order valence-electron chi connectivity index (χ3n) is 1.57. The molecule has 0 fully saturated rings. The maximum atomic E-state index is 10.6. The van der Waals surface area contributed by atoms with Gasteiger partial charge in [0.1, 0.15) is 6.10 Å². The molecule has 0 saturated carbocycles. The number of carbonyl (C=O) groups excluding carboxylic acids is 1. The van der Waals surface area contributed by atoms with Gasteiger partial charge in [-0.25, -0.2) is 0 Å². The third kappa shape index (κ3) is 5.52. The third-order valence-corrected chi connectivity index (χ3v) is 1.57. The molecule has 0 aliphatic heterocycles. The number of aliphatic hydroxyl groups excluding tert-OH is 1. The minimum absolute atomic E-state index is 0. The maximum absolute atomic E-state index is 10.6. The first-order valence-corrected chi connectivity index (χ1v) is 3.89. The summed E-state index contributed by atoms with van der Waals surface area (Å²) in [4.78, 5) is 10.6. The lowest BCUT2D eigenvalue weighted by molar-refractivity contribution is -0.126. The van der Waals surface area contributed by atoms with Gasteiger partial charge in [-0.1, -0.05) is 13.8 Å². The molecule has 0 aliphatic rings. The van der Waals surface area contributed by atoms with Crippen molar-refractivity contribution in [3.8, 4) is 0 Å². The highest BCUT2D eigenvalue weighted by atomic mass is 35.5. The van der Waals surface area contributed by atoms with E-state index < -0.39 is 12.1 Å². The molecule has 0 aromatic rings. The molecule has 0 aromatic carbocycles. The quantitative estimate of drug-likeness (QED) is 0.696. The molecule has 0 saturated heterocycles. The lowest BCUT2D eigenvalue weighted by Gasteiger charge is -2.17. The number of ketones is 1. The lowest BCUT2D eigenvalue weighted by Crippen LogP contribution is -2.40. The molecule has 4 heteroatoms. The minimum atomic E-state index is -0.989. The number of rotatable bonds is 4. The first-order chi connectivity index (χ1) is 4.95. The summed E-state index contributed by atoms with van der Waals surface area (Å²) in [6.07, 6.45) is -0.307. The fourth-order valence-corrected chi connectivity index (χ4v) is 0.975. The van der Waals surface area contributed by atoms with Gasteiger partial charge in [0.15, 0.2) is 5.78 Å². The highest BCUT2D eigenvalue weighted by Gasteiger charge is 2.19. The van der Waals surface area contributed by atoms with E-state index in [2.05, 4.69) is 0 Å². The van der Waals surface area contributed by atoms with Crippen molar-refractivity contribution in [2.45, 2.75) is 39.3 Å². The van der Waals surface area contributed by atoms with E-state index in [0.717, 1.165) is 0 Å². The van der Waals surface area contributed by atoms with Crippen LogP contribution < -0.4 is 5.73 Å². The van der Waals surface area contributed by atoms with E-state index in [1.54, 1.807) is 0 Å². The van der Waals surface area contributed by atoms with Gasteiger partial charge in [0, 0.05) is 6.04 Å². The normalized spacial score (nSPS) is 15.2. The van der Waals surface area contributed by atoms with E-state index in [-0.39, 0.29) is 18.2 Å². The molecule has 0 heterocycles. The van der Waals surface area contributed by atoms with E-state index in [1.807, 2.05) is 13.8 Å². The zero-order valence-corrected chi connectivity index (χ0v) is 8.60. The molecular formula is C8H18ClNO2. The second-order valence-corrected chi connectivity index (χ2v) is 3.35. The Morgan fingerprint density at radius 3 is 2.17 bits per heavy atom. The van der Waals surface area contributed by atoms with Crippen molar-refractivity contribution in [1.82, 2.24) is 0 Å². The van der Waals surface area contributed by atoms with Crippen molar-refractivity contribution in [2.75, 3.05) is 0 Å². The number of halogens is 1. The molecule has 0 radical (unpaired) electrons. The van der Waals surface area contributed by atoms with Crippen LogP contribution >= 0.6 is 12.4 Å². The van der Waals surface area contributed by atoms with Crippen LogP contribution in [0.1, 0.15) is 27.2 Å². The number of hydrogen-bond acceptors (Lipinski definition) is 3. The van der Waals surface area contributed by atoms with Crippen molar-refractivity contribution in [2.24, 2.45) is 11.7 Å². The van der Waals surface area contributed by atoms with Gasteiger partial charge >= 0.3 is 0 Å². The fourth-order valence-electron chi connectivity index (χ4n) is 0.975. The van der Waals surface area contributed by atoms with Crippen molar-refractivity contribution in [3.63, 3.8) is 0 Å². The number of aliphatic hydroxyl groups is 1. The molecule has 0 bridgehead atoms. The smallest absolute Gasteiger partial charge is 0.159 e. The summed E-state index contributed by atoms with van der Waals surface area (Å²) in [5.41, 5.74) is 5.55. The molecule has 12 heavy (non-hydrogen) atoms. The van der Waals surface area contributed by atoms with Crippen molar-refractivity contribution < 1.29 is 9.90 Å². The predicted octanol–water partition coefficient (Wildman–Crippen LogP) is 0.731. The van der Waals surface area contributed by atoms with Gasteiger partial charge in [0.2, 0.25) is 0 Å². The van der Waals surface area contributed by atoms with Crippen LogP contribution in [0.3, 0.4) is 0 Å². The molecular weight excluding hydrogens is 178 g/mol. The van der Waals surface area contributed by atoms with Gasteiger partial charge in [-0.2, -0.15) is 0 Å². The number of nitrogens with two attached hydrogens (primary N) is 1. The number of hydrogen-bond donors (Lipinski definition) is 2. The summed E-state index contributed by atoms with van der Waals surface area (Å²) in [7, 11) is 0. The van der Waals surface area contributed by atoms with Crippen LogP contribution in [-0.4, -0.2) is 23.0 Å². The predicted molar refractivity (Wildman–Crippen MR) is 51.4 cm³/mol. The first-order valence-electron chi connectivity index (χ1n) is 3.89. The Labute approximate surface area is 79.7 Å². The van der Waals surface area contributed by atoms with Gasteiger partial charge in [-0.3, -0.25) is 4.79 Å². The standard InChI is InChI=1S/C8H17NO2.ClH/c1-5(2)4-7(9)8(11)6(3)10;/h5,7-8,11H,4,9H2,1-3H3;1H/t7-,8?;/m0./s1. The van der Waals surface area contributed by atoms with Crippen molar-refractivity contribution in [1.29, 1.82) is 0 Å². The topological polar surface area (TPSA) is 63.3 Å². The average molecular weight is 196 g/mol. The molecule has 74 valence electrons. The Balaban J connectivity index is 0. The zero-order chi connectivity index (χ0) is 9.02. The monoisotopic (exact) mass is 195 g/mol. The van der Waals surface area contributed by atoms with Crippen molar-refractivity contribution >= 4 is 18.2 Å². The molecule has 1 unspecified atom stereocenters. The van der Waals surface area contributed by atoms with Crippen LogP contribution in [0.4, 0.5) is 0 Å². The van der Waals surface area contributed by atoms with Gasteiger partial charge in [0.05, 0.1) is 0 Å². The zero-order valence-electron chi connectivity index (χ0n) is 7.78. The summed E-state index contributed by atoms with van der Waals surface area (Å²) in [5.74, 6) is 0.164. The van der Waals surface area contributed by atoms with E-state index >= 15 is 0 Å². The van der Waals surface area contributed by atoms with Gasteiger partial charge in [-0.15, -0.1) is 12.4 Å². The molecule has 3 nitrogen and oxygen atoms in total. The molecule has 0 aliphatic carbocycles. The summed E-state index contributed by atoms with van der Waals surface area (Å²) in [6, 6.07) is -0.410. The van der Waals surface area contributed by atoms with Crippen molar-refractivity contribution in [3.05, 3.63) is 0 Å². The van der Waals surface area contributed by atoms with Crippen LogP contribution in [0.25, 0.3) is 0 Å². The summed E-state index contributed by atoms with van der Waals surface area (Å²) in [6.45, 7) is 5.37. The highest BCUT2D eigenvalue weighted by molar-refractivity contribution is 5.85. The largest absolute Gasteiger partial charge is 0.384 e. The molecule has 0 amide bonds. The highest BCUT2D eigenvalue weighted by Crippen LogP contribution is 2.06. The molecule has 0 aromatic heterocycles. The maximum Gasteiger partial charge on any atom is 0.159 e. The summed E-state index contributed by atoms with van der Waals surface area (Å²) >= 11 is 0. The lowest BCUT2D eigenvalue weighted by atomic mass is 9.98. The van der Waals surface area contributed by atoms with Crippen LogP contribution in [0.5, 0.6) is 0 Å². The van der Waals surface area contributed by atoms with Crippen LogP contribution in [0, 0.1) is 5.92 Å². The number of carbonyl (C=O) groups is 1. The van der Waals surface area contributed by atoms with Crippen LogP contribution in [0.2, 0.25) is 0 Å². The summed E-state index contributed by atoms with van der Waals surface area (Å²) in [5, 5.41) is 9.17. The SMILES string of the molecule is CC(=O)C(O)[C@@H](N)CC(C)C.Cl. The molecule has 0 rings (SSSR count). The Kier molecular flexibility index (Phi) is 7.69. The Morgan fingerprint density at radius 1 is 1.50 bits per heavy atom. The number of Topliss-reactive ketones (excluding diaryl/α,β-unsaturated/α-hetero) is 1. The average Bonchev–Trinajstić information content (AvgIpc) is 1.84. The Bertz CT molecular complexity index is 139. The van der Waals surface area contributed by atoms with E-state index in [0.29, 0.717) is 12.3 Å². The summed E-state index contributed by atoms with van der Waals surface area (Å²) < 4.78 is 0. The van der Waals surface area contributed by atoms with Crippen LogP contribution in [0.15, 0.2) is 0 Å². The molecule has 0 spiro atoms. The van der Waals surface area contributed by atoms with Crippen LogP contribution in [-0.2, 0) is 4.79 Å². The van der Waals surface area contributed by atoms with Gasteiger partial charge < -0.3 is 10.8 Å². The van der Waals surface area contributed by atoms with E-state index in [1.165, 1.54) is 6.92 Å². The van der Waals surface area contributed by atoms with Gasteiger partial charge in [-0.05, 0) is 19.3 Å². The Hall–Kier alpha value is -0.120. The van der Waals surface area contributed by atoms with E-state index in [4.69, 9.17) is 10.8 Å². The molecule has 2 atom stereocenters. The van der Waals surface area contributed by atoms with Gasteiger partial charge in [0.25, 0.3) is 0 Å². The molecule has 3 N–H and O–H groups in total. The fraction of sp³-hybridized carbons (Fsp3) is 0.875. The Morgan fingerprint density at radius 2 is 1.92 bits per heavy atom. The second kappa shape index (κ2) is 6.40. The second-order valence-electron chi connectivity index (χ2n) is 3.35.